The minimum absolute atomic E-state index is 1.07. The molecule has 0 unspecified atom stereocenters. The maximum atomic E-state index is 2.29. The number of hydrogen-bond acceptors (Lipinski definition) is 1. The van der Waals surface area contributed by atoms with Crippen LogP contribution in [0.25, 0.3) is 21.5 Å². The molecular weight excluding hydrogens is 224 g/mol. The summed E-state index contributed by atoms with van der Waals surface area (Å²) in [4.78, 5) is 0. The molecule has 3 aromatic rings. The number of hydrogen-bond donors (Lipinski definition) is 0. The van der Waals surface area contributed by atoms with Crippen molar-refractivity contribution in [2.75, 3.05) is 6.26 Å². The van der Waals surface area contributed by atoms with E-state index in [1.54, 1.807) is 0 Å². The monoisotopic (exact) mass is 238 g/mol. The lowest BCUT2D eigenvalue weighted by atomic mass is 9.98. The van der Waals surface area contributed by atoms with Gasteiger partial charge in [0.15, 0.2) is 0 Å². The summed E-state index contributed by atoms with van der Waals surface area (Å²) in [6.45, 7) is 0. The van der Waals surface area contributed by atoms with Crippen molar-refractivity contribution in [1.29, 1.82) is 0 Å². The van der Waals surface area contributed by atoms with Gasteiger partial charge in [0.1, 0.15) is 0 Å². The minimum atomic E-state index is 1.07. The zero-order chi connectivity index (χ0) is 11.7. The Morgan fingerprint density at radius 1 is 0.824 bits per heavy atom. The second-order valence-electron chi connectivity index (χ2n) is 4.23. The van der Waals surface area contributed by atoms with Crippen LogP contribution in [0, 0.1) is 0 Å². The SMILES string of the molecule is CSCc1c2ccccc2cc2ccccc12. The van der Waals surface area contributed by atoms with E-state index in [1.165, 1.54) is 27.1 Å². The van der Waals surface area contributed by atoms with Crippen LogP contribution in [-0.2, 0) is 5.75 Å². The van der Waals surface area contributed by atoms with Crippen molar-refractivity contribution in [3.05, 3.63) is 60.2 Å². The Morgan fingerprint density at radius 3 is 1.88 bits per heavy atom. The molecule has 0 fully saturated rings. The van der Waals surface area contributed by atoms with Crippen molar-refractivity contribution in [2.24, 2.45) is 0 Å². The highest BCUT2D eigenvalue weighted by Crippen LogP contribution is 2.30. The van der Waals surface area contributed by atoms with Gasteiger partial charge >= 0.3 is 0 Å². The summed E-state index contributed by atoms with van der Waals surface area (Å²) in [5.74, 6) is 1.07. The summed E-state index contributed by atoms with van der Waals surface area (Å²) in [5.41, 5.74) is 1.46. The molecule has 0 N–H and O–H groups in total. The third kappa shape index (κ3) is 1.81. The molecule has 0 spiro atoms. The van der Waals surface area contributed by atoms with E-state index in [0.29, 0.717) is 0 Å². The Labute approximate surface area is 106 Å². The molecule has 0 amide bonds. The Morgan fingerprint density at radius 2 is 1.35 bits per heavy atom. The molecule has 0 aliphatic rings. The highest BCUT2D eigenvalue weighted by atomic mass is 32.2. The first kappa shape index (κ1) is 10.7. The fourth-order valence-corrected chi connectivity index (χ4v) is 3.01. The maximum absolute atomic E-state index is 2.29. The maximum Gasteiger partial charge on any atom is 0.0194 e. The molecule has 0 nitrogen and oxygen atoms in total. The molecule has 0 saturated heterocycles. The summed E-state index contributed by atoms with van der Waals surface area (Å²) in [7, 11) is 0. The van der Waals surface area contributed by atoms with Gasteiger partial charge in [-0.25, -0.2) is 0 Å². The molecule has 0 bridgehead atoms. The summed E-state index contributed by atoms with van der Waals surface area (Å²) in [6.07, 6.45) is 2.16. The summed E-state index contributed by atoms with van der Waals surface area (Å²) >= 11 is 1.88. The van der Waals surface area contributed by atoms with Crippen LogP contribution < -0.4 is 0 Å². The molecule has 0 saturated carbocycles. The molecule has 0 aliphatic carbocycles. The third-order valence-electron chi connectivity index (χ3n) is 3.17. The van der Waals surface area contributed by atoms with E-state index < -0.39 is 0 Å². The molecule has 0 aliphatic heterocycles. The van der Waals surface area contributed by atoms with E-state index in [2.05, 4.69) is 60.9 Å². The molecule has 17 heavy (non-hydrogen) atoms. The van der Waals surface area contributed by atoms with Crippen molar-refractivity contribution in [3.8, 4) is 0 Å². The van der Waals surface area contributed by atoms with Gasteiger partial charge in [-0.15, -0.1) is 0 Å². The summed E-state index contributed by atoms with van der Waals surface area (Å²) in [6, 6.07) is 19.6. The second kappa shape index (κ2) is 4.42. The van der Waals surface area contributed by atoms with Crippen molar-refractivity contribution in [2.45, 2.75) is 5.75 Å². The zero-order valence-electron chi connectivity index (χ0n) is 9.81. The minimum Gasteiger partial charge on any atom is -0.161 e. The highest BCUT2D eigenvalue weighted by molar-refractivity contribution is 7.97. The van der Waals surface area contributed by atoms with Gasteiger partial charge in [-0.1, -0.05) is 48.5 Å². The molecule has 3 rings (SSSR count). The van der Waals surface area contributed by atoms with Crippen LogP contribution in [0.1, 0.15) is 5.56 Å². The van der Waals surface area contributed by atoms with Gasteiger partial charge in [0, 0.05) is 5.75 Å². The number of benzene rings is 3. The van der Waals surface area contributed by atoms with Gasteiger partial charge in [0.2, 0.25) is 0 Å². The van der Waals surface area contributed by atoms with Crippen molar-refractivity contribution >= 4 is 33.3 Å². The Kier molecular flexibility index (Phi) is 2.77. The molecule has 0 radical (unpaired) electrons. The van der Waals surface area contributed by atoms with E-state index >= 15 is 0 Å². The Bertz CT molecular complexity index is 616. The Hall–Kier alpha value is -1.47. The topological polar surface area (TPSA) is 0 Å². The molecule has 3 aromatic carbocycles. The van der Waals surface area contributed by atoms with Gasteiger partial charge in [0.05, 0.1) is 0 Å². The van der Waals surface area contributed by atoms with Crippen molar-refractivity contribution in [1.82, 2.24) is 0 Å². The molecular formula is C16H14S. The first-order valence-electron chi connectivity index (χ1n) is 5.78. The van der Waals surface area contributed by atoms with E-state index in [-0.39, 0.29) is 0 Å². The first-order chi connectivity index (χ1) is 8.40. The second-order valence-corrected chi connectivity index (χ2v) is 5.10. The van der Waals surface area contributed by atoms with Gasteiger partial charge in [-0.05, 0) is 39.4 Å². The van der Waals surface area contributed by atoms with Crippen LogP contribution >= 0.6 is 11.8 Å². The van der Waals surface area contributed by atoms with Crippen molar-refractivity contribution in [3.63, 3.8) is 0 Å². The standard InChI is InChI=1S/C16H14S/c1-17-11-16-14-8-4-2-6-12(14)10-13-7-3-5-9-15(13)16/h2-10H,11H2,1H3. The van der Waals surface area contributed by atoms with Crippen LogP contribution in [-0.4, -0.2) is 6.26 Å². The normalized spacial score (nSPS) is 11.1. The third-order valence-corrected chi connectivity index (χ3v) is 3.75. The fourth-order valence-electron chi connectivity index (χ4n) is 2.41. The van der Waals surface area contributed by atoms with Crippen LogP contribution in [0.4, 0.5) is 0 Å². The average molecular weight is 238 g/mol. The van der Waals surface area contributed by atoms with Gasteiger partial charge in [0.25, 0.3) is 0 Å². The predicted molar refractivity (Wildman–Crippen MR) is 78.7 cm³/mol. The molecule has 0 atom stereocenters. The predicted octanol–water partition coefficient (Wildman–Crippen LogP) is 4.86. The van der Waals surface area contributed by atoms with Crippen LogP contribution in [0.15, 0.2) is 54.6 Å². The van der Waals surface area contributed by atoms with Gasteiger partial charge < -0.3 is 0 Å². The highest BCUT2D eigenvalue weighted by Gasteiger charge is 2.05. The number of rotatable bonds is 2. The molecule has 0 heterocycles. The Balaban J connectivity index is 2.47. The van der Waals surface area contributed by atoms with E-state index in [9.17, 15) is 0 Å². The molecule has 1 heteroatoms. The van der Waals surface area contributed by atoms with Gasteiger partial charge in [-0.2, -0.15) is 11.8 Å². The van der Waals surface area contributed by atoms with Crippen molar-refractivity contribution < 1.29 is 0 Å². The summed E-state index contributed by atoms with van der Waals surface area (Å²) in [5, 5.41) is 5.46. The number of fused-ring (bicyclic) bond motifs is 2. The quantitative estimate of drug-likeness (QED) is 0.575. The van der Waals surface area contributed by atoms with E-state index in [1.807, 2.05) is 11.8 Å². The largest absolute Gasteiger partial charge is 0.161 e. The van der Waals surface area contributed by atoms with Gasteiger partial charge in [-0.3, -0.25) is 0 Å². The zero-order valence-corrected chi connectivity index (χ0v) is 10.6. The van der Waals surface area contributed by atoms with Crippen LogP contribution in [0.3, 0.4) is 0 Å². The van der Waals surface area contributed by atoms with E-state index in [4.69, 9.17) is 0 Å². The van der Waals surface area contributed by atoms with E-state index in [0.717, 1.165) is 5.75 Å². The molecule has 0 aromatic heterocycles. The fraction of sp³-hybridized carbons (Fsp3) is 0.125. The smallest absolute Gasteiger partial charge is 0.0194 e. The first-order valence-corrected chi connectivity index (χ1v) is 7.18. The number of thioether (sulfide) groups is 1. The molecule has 84 valence electrons. The lowest BCUT2D eigenvalue weighted by Crippen LogP contribution is -1.87. The van der Waals surface area contributed by atoms with Crippen LogP contribution in [0.2, 0.25) is 0 Å². The lowest BCUT2D eigenvalue weighted by molar-refractivity contribution is 1.51. The van der Waals surface area contributed by atoms with Crippen LogP contribution in [0.5, 0.6) is 0 Å². The average Bonchev–Trinajstić information content (AvgIpc) is 2.39. The summed E-state index contributed by atoms with van der Waals surface area (Å²) < 4.78 is 0. The lowest BCUT2D eigenvalue weighted by Gasteiger charge is -2.10.